The second kappa shape index (κ2) is 5.37. The van der Waals surface area contributed by atoms with E-state index in [1.807, 2.05) is 18.2 Å². The number of benzene rings is 1. The number of Topliss-reactive ketones (excluding diaryl/α,β-unsaturated/α-hetero) is 1. The van der Waals surface area contributed by atoms with Gasteiger partial charge in [0.1, 0.15) is 0 Å². The van der Waals surface area contributed by atoms with Gasteiger partial charge in [0.15, 0.2) is 5.78 Å². The summed E-state index contributed by atoms with van der Waals surface area (Å²) in [6, 6.07) is 5.64. The van der Waals surface area contributed by atoms with E-state index >= 15 is 0 Å². The van der Waals surface area contributed by atoms with Gasteiger partial charge in [0.25, 0.3) is 0 Å². The van der Waals surface area contributed by atoms with Gasteiger partial charge in [-0.25, -0.2) is 0 Å². The molecule has 2 aromatic rings. The summed E-state index contributed by atoms with van der Waals surface area (Å²) in [7, 11) is 0. The molecule has 0 radical (unpaired) electrons. The van der Waals surface area contributed by atoms with Crippen molar-refractivity contribution in [3.8, 4) is 0 Å². The molecule has 0 saturated carbocycles. The molecule has 2 nitrogen and oxygen atoms in total. The molecule has 3 heteroatoms. The highest BCUT2D eigenvalue weighted by atomic mass is 35.5. The molecule has 0 fully saturated rings. The van der Waals surface area contributed by atoms with E-state index in [2.05, 4.69) is 11.9 Å². The van der Waals surface area contributed by atoms with E-state index in [1.165, 1.54) is 0 Å². The van der Waals surface area contributed by atoms with Crippen molar-refractivity contribution in [2.45, 2.75) is 32.6 Å². The second-order valence-corrected chi connectivity index (χ2v) is 4.65. The molecule has 0 spiro atoms. The first-order valence-electron chi connectivity index (χ1n) is 6.03. The zero-order chi connectivity index (χ0) is 12.3. The molecule has 0 aliphatic rings. The first-order valence-corrected chi connectivity index (χ1v) is 6.40. The molecular weight excluding hydrogens is 234 g/mol. The van der Waals surface area contributed by atoms with Crippen molar-refractivity contribution in [3.63, 3.8) is 0 Å². The van der Waals surface area contributed by atoms with Crippen LogP contribution in [0.4, 0.5) is 0 Å². The highest BCUT2D eigenvalue weighted by Gasteiger charge is 2.12. The van der Waals surface area contributed by atoms with E-state index in [1.54, 1.807) is 6.20 Å². The van der Waals surface area contributed by atoms with Crippen LogP contribution in [0.5, 0.6) is 0 Å². The SMILES string of the molecule is CCCCCC(=O)c1c[nH]c2c(Cl)cccc12. The molecule has 0 amide bonds. The van der Waals surface area contributed by atoms with Crippen LogP contribution in [0, 0.1) is 0 Å². The molecule has 0 aliphatic carbocycles. The predicted octanol–water partition coefficient (Wildman–Crippen LogP) is 4.58. The van der Waals surface area contributed by atoms with Crippen molar-refractivity contribution in [3.05, 3.63) is 35.0 Å². The van der Waals surface area contributed by atoms with Crippen LogP contribution in [0.2, 0.25) is 5.02 Å². The lowest BCUT2D eigenvalue weighted by Gasteiger charge is -1.99. The lowest BCUT2D eigenvalue weighted by atomic mass is 10.0. The van der Waals surface area contributed by atoms with Gasteiger partial charge >= 0.3 is 0 Å². The monoisotopic (exact) mass is 249 g/mol. The number of rotatable bonds is 5. The van der Waals surface area contributed by atoms with E-state index < -0.39 is 0 Å². The number of hydrogen-bond acceptors (Lipinski definition) is 1. The minimum atomic E-state index is 0.201. The zero-order valence-corrected chi connectivity index (χ0v) is 10.7. The zero-order valence-electron chi connectivity index (χ0n) is 9.92. The number of para-hydroxylation sites is 1. The minimum Gasteiger partial charge on any atom is -0.359 e. The Hall–Kier alpha value is -1.28. The van der Waals surface area contributed by atoms with Crippen LogP contribution in [-0.2, 0) is 0 Å². The summed E-state index contributed by atoms with van der Waals surface area (Å²) in [5.74, 6) is 0.201. The smallest absolute Gasteiger partial charge is 0.165 e. The minimum absolute atomic E-state index is 0.201. The Bertz CT molecular complexity index is 530. The van der Waals surface area contributed by atoms with Gasteiger partial charge in [-0.3, -0.25) is 4.79 Å². The number of ketones is 1. The average Bonchev–Trinajstić information content (AvgIpc) is 2.74. The van der Waals surface area contributed by atoms with Crippen LogP contribution >= 0.6 is 11.6 Å². The number of aromatic nitrogens is 1. The van der Waals surface area contributed by atoms with E-state index in [0.717, 1.165) is 35.7 Å². The standard InChI is InChI=1S/C14H16ClNO/c1-2-3-4-8-13(17)11-9-16-14-10(11)6-5-7-12(14)15/h5-7,9,16H,2-4,8H2,1H3. The summed E-state index contributed by atoms with van der Waals surface area (Å²) >= 11 is 6.06. The quantitative estimate of drug-likeness (QED) is 0.610. The lowest BCUT2D eigenvalue weighted by molar-refractivity contribution is 0.0981. The fraction of sp³-hybridized carbons (Fsp3) is 0.357. The molecule has 0 saturated heterocycles. The molecular formula is C14H16ClNO. The highest BCUT2D eigenvalue weighted by Crippen LogP contribution is 2.26. The lowest BCUT2D eigenvalue weighted by Crippen LogP contribution is -1.97. The molecule has 1 aromatic heterocycles. The predicted molar refractivity (Wildman–Crippen MR) is 71.8 cm³/mol. The van der Waals surface area contributed by atoms with Crippen molar-refractivity contribution in [2.75, 3.05) is 0 Å². The molecule has 90 valence electrons. The van der Waals surface area contributed by atoms with Gasteiger partial charge in [0.2, 0.25) is 0 Å². The number of unbranched alkanes of at least 4 members (excludes halogenated alkanes) is 2. The Balaban J connectivity index is 2.24. The van der Waals surface area contributed by atoms with E-state index in [4.69, 9.17) is 11.6 Å². The summed E-state index contributed by atoms with van der Waals surface area (Å²) in [4.78, 5) is 15.1. The van der Waals surface area contributed by atoms with Gasteiger partial charge in [0.05, 0.1) is 10.5 Å². The third kappa shape index (κ3) is 2.52. The van der Waals surface area contributed by atoms with Crippen molar-refractivity contribution >= 4 is 28.3 Å². The summed E-state index contributed by atoms with van der Waals surface area (Å²) in [6.07, 6.45) is 5.59. The summed E-state index contributed by atoms with van der Waals surface area (Å²) < 4.78 is 0. The number of carbonyl (C=O) groups excluding carboxylic acids is 1. The number of carbonyl (C=O) groups is 1. The van der Waals surface area contributed by atoms with Crippen molar-refractivity contribution in [1.82, 2.24) is 4.98 Å². The van der Waals surface area contributed by atoms with Crippen LogP contribution in [0.15, 0.2) is 24.4 Å². The Morgan fingerprint density at radius 3 is 2.94 bits per heavy atom. The first-order chi connectivity index (χ1) is 8.24. The van der Waals surface area contributed by atoms with Crippen molar-refractivity contribution in [2.24, 2.45) is 0 Å². The van der Waals surface area contributed by atoms with Crippen molar-refractivity contribution in [1.29, 1.82) is 0 Å². The molecule has 0 bridgehead atoms. The van der Waals surface area contributed by atoms with Gasteiger partial charge in [-0.15, -0.1) is 0 Å². The van der Waals surface area contributed by atoms with E-state index in [0.29, 0.717) is 11.4 Å². The molecule has 1 aromatic carbocycles. The highest BCUT2D eigenvalue weighted by molar-refractivity contribution is 6.35. The molecule has 17 heavy (non-hydrogen) atoms. The van der Waals surface area contributed by atoms with Gasteiger partial charge in [-0.05, 0) is 12.5 Å². The molecule has 1 heterocycles. The fourth-order valence-corrected chi connectivity index (χ4v) is 2.25. The number of fused-ring (bicyclic) bond motifs is 1. The number of halogens is 1. The Morgan fingerprint density at radius 2 is 2.18 bits per heavy atom. The summed E-state index contributed by atoms with van der Waals surface area (Å²) in [6.45, 7) is 2.13. The second-order valence-electron chi connectivity index (χ2n) is 4.25. The fourth-order valence-electron chi connectivity index (χ4n) is 2.02. The van der Waals surface area contributed by atoms with Gasteiger partial charge in [-0.2, -0.15) is 0 Å². The molecule has 0 atom stereocenters. The van der Waals surface area contributed by atoms with Crippen LogP contribution in [0.1, 0.15) is 43.0 Å². The largest absolute Gasteiger partial charge is 0.359 e. The molecule has 0 aliphatic heterocycles. The Morgan fingerprint density at radius 1 is 1.35 bits per heavy atom. The maximum atomic E-state index is 12.0. The van der Waals surface area contributed by atoms with E-state index in [-0.39, 0.29) is 5.78 Å². The Kier molecular flexibility index (Phi) is 3.85. The maximum Gasteiger partial charge on any atom is 0.165 e. The number of H-pyrrole nitrogens is 1. The van der Waals surface area contributed by atoms with E-state index in [9.17, 15) is 4.79 Å². The van der Waals surface area contributed by atoms with Gasteiger partial charge in [0, 0.05) is 23.6 Å². The molecule has 2 rings (SSSR count). The average molecular weight is 250 g/mol. The van der Waals surface area contributed by atoms with Crippen LogP contribution in [0.25, 0.3) is 10.9 Å². The molecule has 1 N–H and O–H groups in total. The summed E-state index contributed by atoms with van der Waals surface area (Å²) in [5.41, 5.74) is 1.62. The number of nitrogens with one attached hydrogen (secondary N) is 1. The summed E-state index contributed by atoms with van der Waals surface area (Å²) in [5, 5.41) is 1.59. The molecule has 0 unspecified atom stereocenters. The first kappa shape index (κ1) is 12.2. The normalized spacial score (nSPS) is 10.9. The van der Waals surface area contributed by atoms with Gasteiger partial charge < -0.3 is 4.98 Å². The van der Waals surface area contributed by atoms with Crippen LogP contribution < -0.4 is 0 Å². The third-order valence-electron chi connectivity index (χ3n) is 2.97. The number of hydrogen-bond donors (Lipinski definition) is 1. The number of aromatic amines is 1. The third-order valence-corrected chi connectivity index (χ3v) is 3.29. The van der Waals surface area contributed by atoms with Crippen molar-refractivity contribution < 1.29 is 4.79 Å². The van der Waals surface area contributed by atoms with Crippen LogP contribution in [-0.4, -0.2) is 10.8 Å². The van der Waals surface area contributed by atoms with Crippen LogP contribution in [0.3, 0.4) is 0 Å². The maximum absolute atomic E-state index is 12.0. The van der Waals surface area contributed by atoms with Gasteiger partial charge in [-0.1, -0.05) is 43.5 Å². The Labute approximate surface area is 106 Å². The topological polar surface area (TPSA) is 32.9 Å².